The molecule has 1 heterocycles. The van der Waals surface area contributed by atoms with E-state index < -0.39 is 0 Å². The van der Waals surface area contributed by atoms with Crippen LogP contribution in [-0.2, 0) is 0 Å². The first-order valence-corrected chi connectivity index (χ1v) is 8.49. The Labute approximate surface area is 134 Å². The lowest BCUT2D eigenvalue weighted by atomic mass is 9.78. The first kappa shape index (κ1) is 14.0. The van der Waals surface area contributed by atoms with Crippen molar-refractivity contribution in [3.8, 4) is 0 Å². The van der Waals surface area contributed by atoms with Gasteiger partial charge in [-0.3, -0.25) is 0 Å². The van der Waals surface area contributed by atoms with Gasteiger partial charge in [-0.1, -0.05) is 53.6 Å². The van der Waals surface area contributed by atoms with E-state index in [0.29, 0.717) is 11.8 Å². The Morgan fingerprint density at radius 1 is 0.909 bits per heavy atom. The molecule has 1 fully saturated rings. The highest BCUT2D eigenvalue weighted by molar-refractivity contribution is 5.48. The van der Waals surface area contributed by atoms with Crippen molar-refractivity contribution in [3.05, 3.63) is 70.3 Å². The molecule has 114 valence electrons. The largest absolute Gasteiger partial charge is 0.306 e. The molecule has 1 saturated heterocycles. The van der Waals surface area contributed by atoms with Crippen LogP contribution in [-0.4, -0.2) is 25.0 Å². The van der Waals surface area contributed by atoms with E-state index in [1.54, 1.807) is 11.1 Å². The third-order valence-corrected chi connectivity index (χ3v) is 5.71. The van der Waals surface area contributed by atoms with Crippen molar-refractivity contribution in [2.75, 3.05) is 20.1 Å². The summed E-state index contributed by atoms with van der Waals surface area (Å²) in [6.07, 6.45) is 1.31. The highest BCUT2D eigenvalue weighted by Crippen LogP contribution is 2.53. The van der Waals surface area contributed by atoms with Crippen molar-refractivity contribution in [1.29, 1.82) is 0 Å². The molecule has 0 amide bonds. The molecule has 2 aliphatic rings. The van der Waals surface area contributed by atoms with Crippen molar-refractivity contribution >= 4 is 0 Å². The van der Waals surface area contributed by atoms with Crippen LogP contribution in [0.2, 0.25) is 0 Å². The molecule has 0 N–H and O–H groups in total. The molecule has 1 aliphatic heterocycles. The maximum Gasteiger partial charge on any atom is 0.0127 e. The van der Waals surface area contributed by atoms with E-state index in [2.05, 4.69) is 68.3 Å². The first-order chi connectivity index (χ1) is 10.6. The van der Waals surface area contributed by atoms with Gasteiger partial charge in [0.05, 0.1) is 0 Å². The molecule has 1 aliphatic carbocycles. The van der Waals surface area contributed by atoms with Crippen LogP contribution in [0.15, 0.2) is 42.5 Å². The maximum absolute atomic E-state index is 2.50. The molecule has 0 aromatic heterocycles. The Kier molecular flexibility index (Phi) is 3.34. The van der Waals surface area contributed by atoms with Crippen molar-refractivity contribution in [2.24, 2.45) is 5.92 Å². The van der Waals surface area contributed by atoms with Gasteiger partial charge in [0.2, 0.25) is 0 Å². The summed E-state index contributed by atoms with van der Waals surface area (Å²) in [5.41, 5.74) is 7.45. The fourth-order valence-electron chi connectivity index (χ4n) is 4.59. The Morgan fingerprint density at radius 2 is 1.64 bits per heavy atom. The minimum absolute atomic E-state index is 0.592. The molecule has 22 heavy (non-hydrogen) atoms. The van der Waals surface area contributed by atoms with Gasteiger partial charge < -0.3 is 4.90 Å². The molecule has 4 rings (SSSR count). The fraction of sp³-hybridized carbons (Fsp3) is 0.429. The SMILES string of the molecule is Cc1ccc([C@@H]2c3cc(C)ccc3[C@@H]3CN(C)CC[C@H]23)cc1. The molecule has 1 heteroatoms. The zero-order chi connectivity index (χ0) is 15.3. The number of fused-ring (bicyclic) bond motifs is 3. The zero-order valence-corrected chi connectivity index (χ0v) is 13.8. The van der Waals surface area contributed by atoms with E-state index in [0.717, 1.165) is 5.92 Å². The van der Waals surface area contributed by atoms with E-state index in [1.807, 2.05) is 0 Å². The summed E-state index contributed by atoms with van der Waals surface area (Å²) in [4.78, 5) is 2.50. The number of nitrogens with zero attached hydrogens (tertiary/aromatic N) is 1. The fourth-order valence-corrected chi connectivity index (χ4v) is 4.59. The molecular formula is C21H25N. The summed E-state index contributed by atoms with van der Waals surface area (Å²) in [5.74, 6) is 2.07. The maximum atomic E-state index is 2.50. The second-order valence-corrected chi connectivity index (χ2v) is 7.34. The highest BCUT2D eigenvalue weighted by atomic mass is 15.1. The van der Waals surface area contributed by atoms with E-state index in [1.165, 1.54) is 36.2 Å². The van der Waals surface area contributed by atoms with Gasteiger partial charge in [0, 0.05) is 18.4 Å². The lowest BCUT2D eigenvalue weighted by Gasteiger charge is -2.35. The van der Waals surface area contributed by atoms with Crippen LogP contribution in [0.4, 0.5) is 0 Å². The number of hydrogen-bond donors (Lipinski definition) is 0. The number of aryl methyl sites for hydroxylation is 2. The summed E-state index contributed by atoms with van der Waals surface area (Å²) >= 11 is 0. The molecule has 0 radical (unpaired) electrons. The van der Waals surface area contributed by atoms with Crippen LogP contribution in [0.1, 0.15) is 46.1 Å². The Balaban J connectivity index is 1.83. The topological polar surface area (TPSA) is 3.24 Å². The highest BCUT2D eigenvalue weighted by Gasteiger charge is 2.43. The van der Waals surface area contributed by atoms with Gasteiger partial charge in [-0.2, -0.15) is 0 Å². The smallest absolute Gasteiger partial charge is 0.0127 e. The predicted octanol–water partition coefficient (Wildman–Crippen LogP) is 4.48. The van der Waals surface area contributed by atoms with Crippen LogP contribution >= 0.6 is 0 Å². The van der Waals surface area contributed by atoms with E-state index in [4.69, 9.17) is 0 Å². The third-order valence-electron chi connectivity index (χ3n) is 5.71. The first-order valence-electron chi connectivity index (χ1n) is 8.49. The lowest BCUT2D eigenvalue weighted by Crippen LogP contribution is -2.36. The van der Waals surface area contributed by atoms with Crippen LogP contribution in [0.3, 0.4) is 0 Å². The van der Waals surface area contributed by atoms with Gasteiger partial charge in [0.25, 0.3) is 0 Å². The standard InChI is InChI=1S/C21H25N/c1-14-4-7-16(8-5-14)21-18-10-11-22(3)13-20(18)17-9-6-15(2)12-19(17)21/h4-9,12,18,20-21H,10-11,13H2,1-3H3/t18-,20-,21-/m0/s1. The van der Waals surface area contributed by atoms with Crippen LogP contribution in [0.5, 0.6) is 0 Å². The summed E-state index contributed by atoms with van der Waals surface area (Å²) in [7, 11) is 2.27. The number of rotatable bonds is 1. The summed E-state index contributed by atoms with van der Waals surface area (Å²) in [6.45, 7) is 6.84. The van der Waals surface area contributed by atoms with Gasteiger partial charge in [0.15, 0.2) is 0 Å². The number of likely N-dealkylation sites (tertiary alicyclic amines) is 1. The Morgan fingerprint density at radius 3 is 2.41 bits per heavy atom. The van der Waals surface area contributed by atoms with Crippen LogP contribution in [0, 0.1) is 19.8 Å². The minimum atomic E-state index is 0.592. The molecule has 2 aromatic rings. The number of piperidine rings is 1. The van der Waals surface area contributed by atoms with Crippen molar-refractivity contribution in [2.45, 2.75) is 32.1 Å². The van der Waals surface area contributed by atoms with Gasteiger partial charge >= 0.3 is 0 Å². The Bertz CT molecular complexity index is 686. The molecule has 0 bridgehead atoms. The van der Waals surface area contributed by atoms with Gasteiger partial charge in [-0.25, -0.2) is 0 Å². The number of likely N-dealkylation sites (N-methyl/N-ethyl adjacent to an activating group) is 1. The molecule has 0 spiro atoms. The third kappa shape index (κ3) is 2.19. The summed E-state index contributed by atoms with van der Waals surface area (Å²) in [5, 5.41) is 0. The molecule has 0 unspecified atom stereocenters. The van der Waals surface area contributed by atoms with Crippen molar-refractivity contribution < 1.29 is 0 Å². The average Bonchev–Trinajstić information content (AvgIpc) is 2.81. The molecule has 1 nitrogen and oxygen atoms in total. The second-order valence-electron chi connectivity index (χ2n) is 7.34. The summed E-state index contributed by atoms with van der Waals surface area (Å²) < 4.78 is 0. The van der Waals surface area contributed by atoms with E-state index in [9.17, 15) is 0 Å². The Hall–Kier alpha value is -1.60. The lowest BCUT2D eigenvalue weighted by molar-refractivity contribution is 0.191. The normalized spacial score (nSPS) is 27.5. The van der Waals surface area contributed by atoms with E-state index >= 15 is 0 Å². The summed E-state index contributed by atoms with van der Waals surface area (Å²) in [6, 6.07) is 16.4. The van der Waals surface area contributed by atoms with Crippen LogP contribution in [0.25, 0.3) is 0 Å². The predicted molar refractivity (Wildman–Crippen MR) is 92.5 cm³/mol. The zero-order valence-electron chi connectivity index (χ0n) is 13.8. The number of hydrogen-bond acceptors (Lipinski definition) is 1. The second kappa shape index (κ2) is 5.24. The van der Waals surface area contributed by atoms with Crippen molar-refractivity contribution in [1.82, 2.24) is 4.90 Å². The minimum Gasteiger partial charge on any atom is -0.306 e. The van der Waals surface area contributed by atoms with Gasteiger partial charge in [-0.15, -0.1) is 0 Å². The van der Waals surface area contributed by atoms with Crippen LogP contribution < -0.4 is 0 Å². The average molecular weight is 291 g/mol. The quantitative estimate of drug-likeness (QED) is 0.748. The number of benzene rings is 2. The van der Waals surface area contributed by atoms with Gasteiger partial charge in [0.1, 0.15) is 0 Å². The van der Waals surface area contributed by atoms with Gasteiger partial charge in [-0.05, 0) is 56.5 Å². The molecular weight excluding hydrogens is 266 g/mol. The molecule has 3 atom stereocenters. The molecule has 2 aromatic carbocycles. The molecule has 0 saturated carbocycles. The van der Waals surface area contributed by atoms with E-state index in [-0.39, 0.29) is 0 Å². The van der Waals surface area contributed by atoms with Crippen molar-refractivity contribution in [3.63, 3.8) is 0 Å². The monoisotopic (exact) mass is 291 g/mol.